The van der Waals surface area contributed by atoms with Crippen LogP contribution in [0.1, 0.15) is 5.56 Å². The maximum absolute atomic E-state index is 11.9. The molecule has 1 aromatic heterocycles. The molecule has 2 aromatic rings. The fraction of sp³-hybridized carbons (Fsp3) is 0.143. The summed E-state index contributed by atoms with van der Waals surface area (Å²) in [6.45, 7) is 2.01. The number of benzene rings is 1. The summed E-state index contributed by atoms with van der Waals surface area (Å²) in [4.78, 5) is 16.9. The number of aromatic nitrogens is 1. The van der Waals surface area contributed by atoms with Gasteiger partial charge in [-0.15, -0.1) is 11.8 Å². The molecule has 1 heterocycles. The quantitative estimate of drug-likeness (QED) is 0.845. The summed E-state index contributed by atoms with van der Waals surface area (Å²) in [5.41, 5.74) is 1.15. The van der Waals surface area contributed by atoms with E-state index in [1.165, 1.54) is 18.0 Å². The van der Waals surface area contributed by atoms with E-state index in [0.29, 0.717) is 21.6 Å². The molecule has 6 heteroatoms. The zero-order chi connectivity index (χ0) is 14.5. The molecule has 1 aromatic carbocycles. The Bertz CT molecular complexity index is 634. The number of nitrogens with zero attached hydrogens (tertiary/aromatic N) is 1. The summed E-state index contributed by atoms with van der Waals surface area (Å²) in [5, 5.41) is 3.42. The lowest BCUT2D eigenvalue weighted by molar-refractivity contribution is -0.113. The second kappa shape index (κ2) is 6.97. The number of thioether (sulfide) groups is 1. The predicted molar refractivity (Wildman–Crippen MR) is 84.8 cm³/mol. The molecule has 0 spiro atoms. The first-order valence-electron chi connectivity index (χ1n) is 5.85. The van der Waals surface area contributed by atoms with E-state index in [1.54, 1.807) is 6.07 Å². The van der Waals surface area contributed by atoms with Crippen molar-refractivity contribution in [1.29, 1.82) is 0 Å². The summed E-state index contributed by atoms with van der Waals surface area (Å²) in [6.07, 6.45) is 1.44. The standard InChI is InChI=1S/C14H12Cl2N2OS/c1-9-4-2-3-5-12(9)20-8-13(19)18-14-11(16)6-10(15)7-17-14/h2-7H,8H2,1H3,(H,17,18,19). The van der Waals surface area contributed by atoms with Gasteiger partial charge < -0.3 is 5.32 Å². The molecule has 0 aliphatic heterocycles. The van der Waals surface area contributed by atoms with Crippen LogP contribution in [0.15, 0.2) is 41.4 Å². The van der Waals surface area contributed by atoms with Crippen molar-refractivity contribution in [1.82, 2.24) is 4.98 Å². The van der Waals surface area contributed by atoms with Gasteiger partial charge in [-0.3, -0.25) is 4.79 Å². The molecule has 3 nitrogen and oxygen atoms in total. The van der Waals surface area contributed by atoms with Crippen LogP contribution >= 0.6 is 35.0 Å². The molecular formula is C14H12Cl2N2OS. The molecule has 0 fully saturated rings. The minimum absolute atomic E-state index is 0.157. The number of amides is 1. The van der Waals surface area contributed by atoms with Crippen LogP contribution in [0.4, 0.5) is 5.82 Å². The fourth-order valence-corrected chi connectivity index (χ4v) is 2.79. The van der Waals surface area contributed by atoms with Gasteiger partial charge in [0.1, 0.15) is 0 Å². The first kappa shape index (κ1) is 15.2. The van der Waals surface area contributed by atoms with Crippen molar-refractivity contribution in [3.63, 3.8) is 0 Å². The Hall–Kier alpha value is -1.23. The number of hydrogen-bond donors (Lipinski definition) is 1. The van der Waals surface area contributed by atoms with E-state index >= 15 is 0 Å². The number of nitrogens with one attached hydrogen (secondary N) is 1. The Morgan fingerprint density at radius 1 is 1.35 bits per heavy atom. The maximum atomic E-state index is 11.9. The van der Waals surface area contributed by atoms with Crippen LogP contribution in [0.3, 0.4) is 0 Å². The van der Waals surface area contributed by atoms with Gasteiger partial charge in [-0.25, -0.2) is 4.98 Å². The SMILES string of the molecule is Cc1ccccc1SCC(=O)Nc1ncc(Cl)cc1Cl. The summed E-state index contributed by atoms with van der Waals surface area (Å²) >= 11 is 13.2. The average Bonchev–Trinajstić information content (AvgIpc) is 2.41. The Morgan fingerprint density at radius 3 is 2.80 bits per heavy atom. The Kier molecular flexibility index (Phi) is 5.29. The van der Waals surface area contributed by atoms with Crippen molar-refractivity contribution in [3.05, 3.63) is 52.1 Å². The molecule has 1 N–H and O–H groups in total. The second-order valence-corrected chi connectivity index (χ2v) is 5.95. The molecule has 2 rings (SSSR count). The van der Waals surface area contributed by atoms with E-state index in [0.717, 1.165) is 10.5 Å². The van der Waals surface area contributed by atoms with E-state index in [1.807, 2.05) is 31.2 Å². The second-order valence-electron chi connectivity index (χ2n) is 4.09. The first-order valence-corrected chi connectivity index (χ1v) is 7.60. The highest BCUT2D eigenvalue weighted by Gasteiger charge is 2.09. The molecule has 0 saturated carbocycles. The Morgan fingerprint density at radius 2 is 2.10 bits per heavy atom. The lowest BCUT2D eigenvalue weighted by atomic mass is 10.2. The summed E-state index contributed by atoms with van der Waals surface area (Å²) < 4.78 is 0. The molecule has 1 amide bonds. The van der Waals surface area contributed by atoms with E-state index in [-0.39, 0.29) is 5.91 Å². The summed E-state index contributed by atoms with van der Waals surface area (Å²) in [5.74, 6) is 0.465. The molecule has 0 atom stereocenters. The zero-order valence-corrected chi connectivity index (χ0v) is 13.0. The van der Waals surface area contributed by atoms with Gasteiger partial charge in [0.05, 0.1) is 15.8 Å². The Balaban J connectivity index is 1.94. The maximum Gasteiger partial charge on any atom is 0.235 e. The number of pyridine rings is 1. The highest BCUT2D eigenvalue weighted by Crippen LogP contribution is 2.24. The van der Waals surface area contributed by atoms with Crippen LogP contribution in [-0.2, 0) is 4.79 Å². The number of anilines is 1. The smallest absolute Gasteiger partial charge is 0.235 e. The van der Waals surface area contributed by atoms with E-state index in [2.05, 4.69) is 10.3 Å². The van der Waals surface area contributed by atoms with E-state index < -0.39 is 0 Å². The van der Waals surface area contributed by atoms with Crippen molar-refractivity contribution in [2.24, 2.45) is 0 Å². The zero-order valence-electron chi connectivity index (χ0n) is 10.7. The van der Waals surface area contributed by atoms with Crippen LogP contribution in [0.25, 0.3) is 0 Å². The van der Waals surface area contributed by atoms with Gasteiger partial charge in [-0.2, -0.15) is 0 Å². The largest absolute Gasteiger partial charge is 0.309 e. The number of hydrogen-bond acceptors (Lipinski definition) is 3. The summed E-state index contributed by atoms with van der Waals surface area (Å²) in [7, 11) is 0. The molecule has 20 heavy (non-hydrogen) atoms. The van der Waals surface area contributed by atoms with Gasteiger partial charge >= 0.3 is 0 Å². The molecule has 0 aliphatic carbocycles. The molecule has 104 valence electrons. The average molecular weight is 327 g/mol. The molecule has 0 aliphatic rings. The minimum Gasteiger partial charge on any atom is -0.309 e. The lowest BCUT2D eigenvalue weighted by Crippen LogP contribution is -2.15. The third-order valence-electron chi connectivity index (χ3n) is 2.52. The number of rotatable bonds is 4. The molecule has 0 bridgehead atoms. The number of halogens is 2. The van der Waals surface area contributed by atoms with Gasteiger partial charge in [-0.05, 0) is 24.6 Å². The van der Waals surface area contributed by atoms with Crippen molar-refractivity contribution in [3.8, 4) is 0 Å². The van der Waals surface area contributed by atoms with Crippen molar-refractivity contribution in [2.75, 3.05) is 11.1 Å². The van der Waals surface area contributed by atoms with Crippen LogP contribution in [0.5, 0.6) is 0 Å². The third-order valence-corrected chi connectivity index (χ3v) is 4.19. The van der Waals surface area contributed by atoms with Gasteiger partial charge in [0.2, 0.25) is 5.91 Å². The monoisotopic (exact) mass is 326 g/mol. The van der Waals surface area contributed by atoms with Crippen LogP contribution < -0.4 is 5.32 Å². The van der Waals surface area contributed by atoms with Crippen LogP contribution in [-0.4, -0.2) is 16.6 Å². The molecule has 0 radical (unpaired) electrons. The Labute approximate surface area is 131 Å². The van der Waals surface area contributed by atoms with Gasteiger partial charge in [0.15, 0.2) is 5.82 Å². The van der Waals surface area contributed by atoms with Crippen molar-refractivity contribution < 1.29 is 4.79 Å². The molecule has 0 unspecified atom stereocenters. The third kappa shape index (κ3) is 4.13. The number of aryl methyl sites for hydroxylation is 1. The minimum atomic E-state index is -0.157. The van der Waals surface area contributed by atoms with Crippen LogP contribution in [0, 0.1) is 6.92 Å². The predicted octanol–water partition coefficient (Wildman–Crippen LogP) is 4.43. The molecule has 0 saturated heterocycles. The number of carbonyl (C=O) groups excluding carboxylic acids is 1. The molecular weight excluding hydrogens is 315 g/mol. The topological polar surface area (TPSA) is 42.0 Å². The lowest BCUT2D eigenvalue weighted by Gasteiger charge is -2.07. The van der Waals surface area contributed by atoms with Crippen LogP contribution in [0.2, 0.25) is 10.0 Å². The van der Waals surface area contributed by atoms with Crippen molar-refractivity contribution >= 4 is 46.7 Å². The summed E-state index contributed by atoms with van der Waals surface area (Å²) in [6, 6.07) is 9.46. The van der Waals surface area contributed by atoms with E-state index in [4.69, 9.17) is 23.2 Å². The normalized spacial score (nSPS) is 10.3. The van der Waals surface area contributed by atoms with Gasteiger partial charge in [-0.1, -0.05) is 41.4 Å². The van der Waals surface area contributed by atoms with Gasteiger partial charge in [0.25, 0.3) is 0 Å². The van der Waals surface area contributed by atoms with Gasteiger partial charge in [0, 0.05) is 11.1 Å². The van der Waals surface area contributed by atoms with Crippen molar-refractivity contribution in [2.45, 2.75) is 11.8 Å². The van der Waals surface area contributed by atoms with E-state index in [9.17, 15) is 4.79 Å². The highest BCUT2D eigenvalue weighted by molar-refractivity contribution is 8.00. The number of carbonyl (C=O) groups is 1. The highest BCUT2D eigenvalue weighted by atomic mass is 35.5. The first-order chi connectivity index (χ1) is 9.56. The fourth-order valence-electron chi connectivity index (χ4n) is 1.54.